The van der Waals surface area contributed by atoms with E-state index in [9.17, 15) is 4.79 Å². The molecule has 0 bridgehead atoms. The lowest BCUT2D eigenvalue weighted by Crippen LogP contribution is -2.30. The Morgan fingerprint density at radius 3 is 2.23 bits per heavy atom. The van der Waals surface area contributed by atoms with E-state index >= 15 is 0 Å². The van der Waals surface area contributed by atoms with Gasteiger partial charge < -0.3 is 10.1 Å². The second-order valence-corrected chi connectivity index (χ2v) is 5.34. The summed E-state index contributed by atoms with van der Waals surface area (Å²) in [5.41, 5.74) is 2.72. The predicted molar refractivity (Wildman–Crippen MR) is 83.3 cm³/mol. The number of nitrogens with zero attached hydrogens (tertiary/aromatic N) is 1. The van der Waals surface area contributed by atoms with Crippen molar-refractivity contribution < 1.29 is 9.53 Å². The van der Waals surface area contributed by atoms with Crippen LogP contribution >= 0.6 is 0 Å². The molecule has 0 heterocycles. The van der Waals surface area contributed by atoms with Crippen LogP contribution in [-0.2, 0) is 4.79 Å². The van der Waals surface area contributed by atoms with Gasteiger partial charge in [-0.2, -0.15) is 5.26 Å². The predicted octanol–water partition coefficient (Wildman–Crippen LogP) is 2.88. The van der Waals surface area contributed by atoms with Gasteiger partial charge in [0.25, 0.3) is 5.91 Å². The highest BCUT2D eigenvalue weighted by atomic mass is 16.5. The molecule has 22 heavy (non-hydrogen) atoms. The number of hydrogen-bond acceptors (Lipinski definition) is 3. The average molecular weight is 292 g/mol. The summed E-state index contributed by atoms with van der Waals surface area (Å²) in [6.07, 6.45) is 2.15. The third-order valence-corrected chi connectivity index (χ3v) is 3.51. The molecule has 1 aliphatic rings. The zero-order chi connectivity index (χ0) is 15.4. The van der Waals surface area contributed by atoms with Crippen LogP contribution in [0.2, 0.25) is 0 Å². The zero-order valence-electron chi connectivity index (χ0n) is 12.1. The van der Waals surface area contributed by atoms with Crippen LogP contribution in [0.1, 0.15) is 18.4 Å². The van der Waals surface area contributed by atoms with E-state index in [-0.39, 0.29) is 12.5 Å². The number of rotatable bonds is 5. The molecule has 1 aliphatic carbocycles. The normalized spacial score (nSPS) is 13.2. The second kappa shape index (κ2) is 6.31. The molecule has 0 unspecified atom stereocenters. The van der Waals surface area contributed by atoms with Crippen molar-refractivity contribution in [1.82, 2.24) is 5.32 Å². The number of nitriles is 1. The number of nitrogens with one attached hydrogen (secondary N) is 1. The van der Waals surface area contributed by atoms with Crippen molar-refractivity contribution in [1.29, 1.82) is 5.26 Å². The molecule has 2 aromatic rings. The highest BCUT2D eigenvalue weighted by Gasteiger charge is 2.23. The van der Waals surface area contributed by atoms with Crippen LogP contribution in [0.25, 0.3) is 11.1 Å². The molecule has 4 nitrogen and oxygen atoms in total. The topological polar surface area (TPSA) is 62.1 Å². The van der Waals surface area contributed by atoms with E-state index in [1.165, 1.54) is 0 Å². The minimum Gasteiger partial charge on any atom is -0.484 e. The Labute approximate surface area is 129 Å². The molecular weight excluding hydrogens is 276 g/mol. The summed E-state index contributed by atoms with van der Waals surface area (Å²) in [6, 6.07) is 17.4. The standard InChI is InChI=1S/C18H16N2O2/c19-11-13-1-3-14(4-2-13)15-5-9-17(10-6-15)22-12-18(21)20-16-7-8-16/h1-6,9-10,16H,7-8,12H2,(H,20,21). The van der Waals surface area contributed by atoms with Crippen molar-refractivity contribution in [3.63, 3.8) is 0 Å². The molecule has 0 aliphatic heterocycles. The summed E-state index contributed by atoms with van der Waals surface area (Å²) < 4.78 is 5.47. The van der Waals surface area contributed by atoms with Gasteiger partial charge in [-0.1, -0.05) is 24.3 Å². The number of benzene rings is 2. The molecule has 0 atom stereocenters. The minimum atomic E-state index is -0.0707. The first-order chi connectivity index (χ1) is 10.7. The lowest BCUT2D eigenvalue weighted by molar-refractivity contribution is -0.123. The Morgan fingerprint density at radius 2 is 1.68 bits per heavy atom. The first-order valence-electron chi connectivity index (χ1n) is 7.27. The molecular formula is C18H16N2O2. The summed E-state index contributed by atoms with van der Waals surface area (Å²) in [5.74, 6) is 0.599. The van der Waals surface area contributed by atoms with Gasteiger partial charge >= 0.3 is 0 Å². The van der Waals surface area contributed by atoms with Gasteiger partial charge in [-0.25, -0.2) is 0 Å². The van der Waals surface area contributed by atoms with E-state index in [0.29, 0.717) is 17.4 Å². The first-order valence-corrected chi connectivity index (χ1v) is 7.27. The SMILES string of the molecule is N#Cc1ccc(-c2ccc(OCC(=O)NC3CC3)cc2)cc1. The van der Waals surface area contributed by atoms with Crippen LogP contribution in [0.4, 0.5) is 0 Å². The Bertz CT molecular complexity index is 695. The molecule has 2 aromatic carbocycles. The van der Waals surface area contributed by atoms with Crippen molar-refractivity contribution in [3.05, 3.63) is 54.1 Å². The molecule has 0 spiro atoms. The van der Waals surface area contributed by atoms with Crippen molar-refractivity contribution in [2.75, 3.05) is 6.61 Å². The fraction of sp³-hybridized carbons (Fsp3) is 0.222. The Kier molecular flexibility index (Phi) is 4.06. The van der Waals surface area contributed by atoms with E-state index in [2.05, 4.69) is 11.4 Å². The summed E-state index contributed by atoms with van der Waals surface area (Å²) in [7, 11) is 0. The molecule has 0 saturated heterocycles. The van der Waals surface area contributed by atoms with Gasteiger partial charge in [0.15, 0.2) is 6.61 Å². The lowest BCUT2D eigenvalue weighted by Gasteiger charge is -2.08. The van der Waals surface area contributed by atoms with E-state index in [1.807, 2.05) is 36.4 Å². The second-order valence-electron chi connectivity index (χ2n) is 5.34. The maximum atomic E-state index is 11.6. The van der Waals surface area contributed by atoms with E-state index in [4.69, 9.17) is 10.00 Å². The maximum Gasteiger partial charge on any atom is 0.258 e. The van der Waals surface area contributed by atoms with Crippen LogP contribution in [0, 0.1) is 11.3 Å². The van der Waals surface area contributed by atoms with Crippen molar-refractivity contribution >= 4 is 5.91 Å². The molecule has 3 rings (SSSR count). The average Bonchev–Trinajstić information content (AvgIpc) is 3.37. The summed E-state index contributed by atoms with van der Waals surface area (Å²) in [4.78, 5) is 11.6. The van der Waals surface area contributed by atoms with Crippen LogP contribution < -0.4 is 10.1 Å². The molecule has 4 heteroatoms. The highest BCUT2D eigenvalue weighted by molar-refractivity contribution is 5.78. The summed E-state index contributed by atoms with van der Waals surface area (Å²) in [5, 5.41) is 11.7. The highest BCUT2D eigenvalue weighted by Crippen LogP contribution is 2.23. The Hall–Kier alpha value is -2.80. The molecule has 1 fully saturated rings. The van der Waals surface area contributed by atoms with Crippen molar-refractivity contribution in [2.24, 2.45) is 0 Å². The number of carbonyl (C=O) groups excluding carboxylic acids is 1. The molecule has 1 N–H and O–H groups in total. The monoisotopic (exact) mass is 292 g/mol. The minimum absolute atomic E-state index is 0.0483. The zero-order valence-corrected chi connectivity index (χ0v) is 12.1. The smallest absolute Gasteiger partial charge is 0.258 e. The number of carbonyl (C=O) groups is 1. The Balaban J connectivity index is 1.59. The van der Waals surface area contributed by atoms with Gasteiger partial charge in [0, 0.05) is 6.04 Å². The quantitative estimate of drug-likeness (QED) is 0.921. The molecule has 1 saturated carbocycles. The van der Waals surface area contributed by atoms with Crippen LogP contribution in [-0.4, -0.2) is 18.6 Å². The largest absolute Gasteiger partial charge is 0.484 e. The molecule has 0 radical (unpaired) electrons. The molecule has 0 aromatic heterocycles. The lowest BCUT2D eigenvalue weighted by atomic mass is 10.0. The fourth-order valence-corrected chi connectivity index (χ4v) is 2.13. The van der Waals surface area contributed by atoms with Gasteiger partial charge in [-0.05, 0) is 48.2 Å². The van der Waals surface area contributed by atoms with Gasteiger partial charge in [-0.15, -0.1) is 0 Å². The van der Waals surface area contributed by atoms with Gasteiger partial charge in [0.05, 0.1) is 11.6 Å². The molecule has 110 valence electrons. The summed E-state index contributed by atoms with van der Waals surface area (Å²) >= 11 is 0. The van der Waals surface area contributed by atoms with Crippen LogP contribution in [0.15, 0.2) is 48.5 Å². The summed E-state index contributed by atoms with van der Waals surface area (Å²) in [6.45, 7) is 0.0483. The molecule has 1 amide bonds. The third kappa shape index (κ3) is 3.64. The number of amides is 1. The van der Waals surface area contributed by atoms with E-state index in [1.54, 1.807) is 12.1 Å². The van der Waals surface area contributed by atoms with E-state index < -0.39 is 0 Å². The van der Waals surface area contributed by atoms with Crippen molar-refractivity contribution in [2.45, 2.75) is 18.9 Å². The number of hydrogen-bond donors (Lipinski definition) is 1. The first kappa shape index (κ1) is 14.2. The van der Waals surface area contributed by atoms with Crippen LogP contribution in [0.5, 0.6) is 5.75 Å². The van der Waals surface area contributed by atoms with Crippen LogP contribution in [0.3, 0.4) is 0 Å². The maximum absolute atomic E-state index is 11.6. The Morgan fingerprint density at radius 1 is 1.09 bits per heavy atom. The van der Waals surface area contributed by atoms with Gasteiger partial charge in [-0.3, -0.25) is 4.79 Å². The van der Waals surface area contributed by atoms with Crippen molar-refractivity contribution in [3.8, 4) is 22.9 Å². The van der Waals surface area contributed by atoms with E-state index in [0.717, 1.165) is 24.0 Å². The van der Waals surface area contributed by atoms with Gasteiger partial charge in [0.1, 0.15) is 5.75 Å². The third-order valence-electron chi connectivity index (χ3n) is 3.51. The number of ether oxygens (including phenoxy) is 1. The fourth-order valence-electron chi connectivity index (χ4n) is 2.13. The van der Waals surface area contributed by atoms with Gasteiger partial charge in [0.2, 0.25) is 0 Å².